The van der Waals surface area contributed by atoms with Crippen LogP contribution in [-0.2, 0) is 52.8 Å². The monoisotopic (exact) mass is 907 g/mol. The minimum Gasteiger partial charge on any atom is -0.508 e. The summed E-state index contributed by atoms with van der Waals surface area (Å²) in [5.74, 6) is -2.37. The molecule has 352 valence electrons. The Morgan fingerprint density at radius 3 is 1.92 bits per heavy atom. The number of benzene rings is 4. The first-order chi connectivity index (χ1) is 31.2. The van der Waals surface area contributed by atoms with Crippen molar-refractivity contribution in [1.82, 2.24) is 31.5 Å². The molecule has 0 aromatic heterocycles. The molecule has 1 heterocycles. The molecule has 0 unspecified atom stereocenters. The van der Waals surface area contributed by atoms with Gasteiger partial charge in [0.2, 0.25) is 29.6 Å². The number of carbonyl (C=O) groups is 6. The molecule has 17 nitrogen and oxygen atoms in total. The van der Waals surface area contributed by atoms with Crippen LogP contribution in [0.1, 0.15) is 71.6 Å². The number of phenolic OH excluding ortho intramolecular Hbond substituents is 1. The Bertz CT molecular complexity index is 2330. The van der Waals surface area contributed by atoms with E-state index in [1.807, 2.05) is 72.8 Å². The van der Waals surface area contributed by atoms with Gasteiger partial charge in [-0.15, -0.1) is 0 Å². The number of carbonyl (C=O) groups excluding carboxylic acids is 6. The van der Waals surface area contributed by atoms with Gasteiger partial charge in [-0.25, -0.2) is 9.59 Å². The zero-order valence-electron chi connectivity index (χ0n) is 38.5. The number of amides is 6. The van der Waals surface area contributed by atoms with E-state index in [2.05, 4.69) is 31.6 Å². The first-order valence-corrected chi connectivity index (χ1v) is 21.8. The highest BCUT2D eigenvalue weighted by molar-refractivity contribution is 6.01. The molecule has 5 rings (SSSR count). The highest BCUT2D eigenvalue weighted by Crippen LogP contribution is 2.25. The number of ether oxygens (including phenoxy) is 3. The Balaban J connectivity index is 1.38. The summed E-state index contributed by atoms with van der Waals surface area (Å²) in [6.07, 6.45) is -2.07. The summed E-state index contributed by atoms with van der Waals surface area (Å²) in [5.41, 5.74) is 0.609. The van der Waals surface area contributed by atoms with Crippen molar-refractivity contribution in [2.24, 2.45) is 4.99 Å². The largest absolute Gasteiger partial charge is 0.508 e. The van der Waals surface area contributed by atoms with Crippen LogP contribution < -0.4 is 26.6 Å². The first kappa shape index (κ1) is 50.0. The van der Waals surface area contributed by atoms with Crippen LogP contribution in [0.25, 0.3) is 10.8 Å². The Labute approximate surface area is 385 Å². The average molecular weight is 908 g/mol. The van der Waals surface area contributed by atoms with Crippen LogP contribution in [0.15, 0.2) is 102 Å². The molecule has 1 aliphatic heterocycles. The van der Waals surface area contributed by atoms with Crippen LogP contribution in [0.2, 0.25) is 0 Å². The third kappa shape index (κ3) is 16.2. The Hall–Kier alpha value is -7.01. The van der Waals surface area contributed by atoms with E-state index in [0.717, 1.165) is 21.9 Å². The van der Waals surface area contributed by atoms with Crippen molar-refractivity contribution in [3.05, 3.63) is 114 Å². The van der Waals surface area contributed by atoms with E-state index in [1.54, 1.807) is 53.7 Å². The molecule has 0 saturated carbocycles. The second-order valence-electron chi connectivity index (χ2n) is 18.0. The molecule has 0 aliphatic carbocycles. The molecule has 1 fully saturated rings. The second kappa shape index (κ2) is 22.7. The predicted octanol–water partition coefficient (Wildman–Crippen LogP) is 5.03. The number of alkyl carbamates (subject to hydrolysis) is 2. The SMILES string of the molecule is CC(=O)N[C@H](Cc1ccc(O)cc1)C(=O)N[C@H](Cc1ccccc1)C(=O)N1C[C@H](OCc2ccc3ccccc3c2)C[C@@H]1C(=O)NCCN=C(NC(=O)OC(C)(C)C)NC(=O)OC(C)(C)C. The average Bonchev–Trinajstić information content (AvgIpc) is 3.67. The maximum Gasteiger partial charge on any atom is 0.414 e. The summed E-state index contributed by atoms with van der Waals surface area (Å²) >= 11 is 0. The fourth-order valence-electron chi connectivity index (χ4n) is 7.17. The number of rotatable bonds is 15. The van der Waals surface area contributed by atoms with Gasteiger partial charge < -0.3 is 40.2 Å². The molecule has 66 heavy (non-hydrogen) atoms. The molecular formula is C49H61N7O10. The maximum absolute atomic E-state index is 14.9. The fraction of sp³-hybridized carbons (Fsp3) is 0.408. The summed E-state index contributed by atoms with van der Waals surface area (Å²) < 4.78 is 17.0. The van der Waals surface area contributed by atoms with Crippen LogP contribution in [0.5, 0.6) is 5.75 Å². The number of likely N-dealkylation sites (tertiary alicyclic amines) is 1. The molecule has 1 aliphatic rings. The number of hydrogen-bond acceptors (Lipinski definition) is 11. The number of phenols is 1. The molecule has 6 amide bonds. The normalized spacial score (nSPS) is 15.7. The smallest absolute Gasteiger partial charge is 0.414 e. The summed E-state index contributed by atoms with van der Waals surface area (Å²) in [6, 6.07) is 26.0. The zero-order chi connectivity index (χ0) is 48.0. The lowest BCUT2D eigenvalue weighted by Crippen LogP contribution is -2.57. The van der Waals surface area contributed by atoms with Gasteiger partial charge >= 0.3 is 12.2 Å². The molecule has 4 aromatic carbocycles. The second-order valence-corrected chi connectivity index (χ2v) is 18.0. The summed E-state index contributed by atoms with van der Waals surface area (Å²) in [4.78, 5) is 86.3. The lowest BCUT2D eigenvalue weighted by atomic mass is 10.0. The van der Waals surface area contributed by atoms with E-state index in [4.69, 9.17) is 14.2 Å². The Morgan fingerprint density at radius 2 is 1.30 bits per heavy atom. The number of hydrogen-bond donors (Lipinski definition) is 6. The predicted molar refractivity (Wildman–Crippen MR) is 248 cm³/mol. The molecule has 0 bridgehead atoms. The summed E-state index contributed by atoms with van der Waals surface area (Å²) in [7, 11) is 0. The lowest BCUT2D eigenvalue weighted by molar-refractivity contribution is -0.142. The van der Waals surface area contributed by atoms with Crippen molar-refractivity contribution in [2.45, 2.75) is 110 Å². The van der Waals surface area contributed by atoms with Crippen molar-refractivity contribution in [3.63, 3.8) is 0 Å². The number of nitrogens with zero attached hydrogens (tertiary/aromatic N) is 2. The molecule has 0 spiro atoms. The highest BCUT2D eigenvalue weighted by atomic mass is 16.6. The van der Waals surface area contributed by atoms with Crippen LogP contribution in [0.3, 0.4) is 0 Å². The first-order valence-electron chi connectivity index (χ1n) is 21.8. The third-order valence-electron chi connectivity index (χ3n) is 10.0. The molecule has 1 saturated heterocycles. The van der Waals surface area contributed by atoms with Gasteiger partial charge in [-0.1, -0.05) is 78.9 Å². The van der Waals surface area contributed by atoms with Gasteiger partial charge in [-0.05, 0) is 87.2 Å². The molecular weight excluding hydrogens is 847 g/mol. The van der Waals surface area contributed by atoms with Gasteiger partial charge in [0.1, 0.15) is 35.1 Å². The van der Waals surface area contributed by atoms with E-state index in [0.29, 0.717) is 5.56 Å². The maximum atomic E-state index is 14.9. The molecule has 0 radical (unpaired) electrons. The van der Waals surface area contributed by atoms with Crippen LogP contribution in [0, 0.1) is 0 Å². The van der Waals surface area contributed by atoms with Crippen molar-refractivity contribution in [2.75, 3.05) is 19.6 Å². The lowest BCUT2D eigenvalue weighted by Gasteiger charge is -2.30. The fourth-order valence-corrected chi connectivity index (χ4v) is 7.17. The number of aromatic hydroxyl groups is 1. The standard InChI is InChI=1S/C49H61N7O10/c1-31(57)52-39(26-33-18-21-37(58)22-19-33)42(59)53-40(27-32-13-9-8-10-14-32)44(61)56-29-38(64-30-34-17-20-35-15-11-12-16-36(35)25-34)28-41(56)43(60)50-23-24-51-45(54-46(62)65-48(2,3)4)55-47(63)66-49(5,6)7/h8-22,25,38-41,58H,23-24,26-30H2,1-7H3,(H,50,60)(H,52,57)(H,53,59)(H2,51,54,55,62,63)/t38-,39-,40-,41-/m1/s1. The van der Waals surface area contributed by atoms with Crippen LogP contribution >= 0.6 is 0 Å². The molecule has 4 atom stereocenters. The number of nitrogens with one attached hydrogen (secondary N) is 5. The molecule has 6 N–H and O–H groups in total. The number of fused-ring (bicyclic) bond motifs is 1. The van der Waals surface area contributed by atoms with E-state index < -0.39 is 71.2 Å². The van der Waals surface area contributed by atoms with Gasteiger partial charge in [-0.2, -0.15) is 0 Å². The van der Waals surface area contributed by atoms with Gasteiger partial charge in [0, 0.05) is 39.3 Å². The Kier molecular flexibility index (Phi) is 17.2. The molecule has 4 aromatic rings. The van der Waals surface area contributed by atoms with E-state index >= 15 is 0 Å². The number of guanidine groups is 1. The van der Waals surface area contributed by atoms with Gasteiger partial charge in [0.05, 0.1) is 19.3 Å². The summed E-state index contributed by atoms with van der Waals surface area (Å²) in [5, 5.41) is 25.1. The van der Waals surface area contributed by atoms with Crippen molar-refractivity contribution in [1.29, 1.82) is 0 Å². The van der Waals surface area contributed by atoms with Gasteiger partial charge in [-0.3, -0.25) is 34.8 Å². The highest BCUT2D eigenvalue weighted by Gasteiger charge is 2.43. The van der Waals surface area contributed by atoms with Crippen molar-refractivity contribution < 1.29 is 48.1 Å². The summed E-state index contributed by atoms with van der Waals surface area (Å²) in [6.45, 7) is 11.4. The van der Waals surface area contributed by atoms with Gasteiger partial charge in [0.25, 0.3) is 0 Å². The van der Waals surface area contributed by atoms with E-state index in [-0.39, 0.29) is 57.2 Å². The van der Waals surface area contributed by atoms with Crippen LogP contribution in [0.4, 0.5) is 9.59 Å². The third-order valence-corrected chi connectivity index (χ3v) is 10.0. The van der Waals surface area contributed by atoms with Crippen molar-refractivity contribution >= 4 is 52.5 Å². The molecule has 17 heteroatoms. The number of aliphatic imine (C=N–C) groups is 1. The minimum absolute atomic E-state index is 0.0240. The topological polar surface area (TPSA) is 226 Å². The van der Waals surface area contributed by atoms with E-state index in [1.165, 1.54) is 24.0 Å². The van der Waals surface area contributed by atoms with Crippen molar-refractivity contribution in [3.8, 4) is 5.75 Å². The zero-order valence-corrected chi connectivity index (χ0v) is 38.5. The Morgan fingerprint density at radius 1 is 0.727 bits per heavy atom. The van der Waals surface area contributed by atoms with E-state index in [9.17, 15) is 33.9 Å². The van der Waals surface area contributed by atoms with Gasteiger partial charge in [0.15, 0.2) is 0 Å². The minimum atomic E-state index is -1.17. The quantitative estimate of drug-likeness (QED) is 0.0530. The van der Waals surface area contributed by atoms with Crippen LogP contribution in [-0.4, -0.2) is 107 Å².